The van der Waals surface area contributed by atoms with Gasteiger partial charge in [-0.3, -0.25) is 9.59 Å². The number of anilines is 1. The number of nitrogens with one attached hydrogen (secondary N) is 1. The van der Waals surface area contributed by atoms with Crippen molar-refractivity contribution in [3.8, 4) is 0 Å². The van der Waals surface area contributed by atoms with Gasteiger partial charge in [0.05, 0.1) is 17.8 Å². The van der Waals surface area contributed by atoms with Crippen LogP contribution in [0.2, 0.25) is 0 Å². The summed E-state index contributed by atoms with van der Waals surface area (Å²) in [5, 5.41) is 13.4. The van der Waals surface area contributed by atoms with Crippen molar-refractivity contribution in [2.45, 2.75) is 12.8 Å². The van der Waals surface area contributed by atoms with Crippen molar-refractivity contribution in [1.82, 2.24) is 0 Å². The number of carboxylic acid groups (broad SMARTS) is 1. The molecule has 0 fully saturated rings. The third-order valence-electron chi connectivity index (χ3n) is 3.22. The minimum atomic E-state index is -0.944. The Morgan fingerprint density at radius 1 is 1.20 bits per heavy atom. The predicted octanol–water partition coefficient (Wildman–Crippen LogP) is 2.73. The Kier molecular flexibility index (Phi) is 2.95. The molecule has 100 valence electrons. The second-order valence-corrected chi connectivity index (χ2v) is 4.59. The van der Waals surface area contributed by atoms with E-state index in [1.165, 1.54) is 0 Å². The van der Waals surface area contributed by atoms with Crippen LogP contribution in [0.25, 0.3) is 10.8 Å². The molecule has 0 aliphatic carbocycles. The second kappa shape index (κ2) is 4.77. The summed E-state index contributed by atoms with van der Waals surface area (Å²) in [6, 6.07) is 11.3. The lowest BCUT2D eigenvalue weighted by molar-refractivity contribution is -0.136. The van der Waals surface area contributed by atoms with Gasteiger partial charge in [0, 0.05) is 11.8 Å². The molecule has 2 aromatic carbocycles. The fourth-order valence-electron chi connectivity index (χ4n) is 2.30. The van der Waals surface area contributed by atoms with E-state index in [9.17, 15) is 9.59 Å². The standard InChI is InChI=1S/C15H12N2O3/c18-13(19)8-7-12-15(20)17-11-6-2-4-9-3-1-5-10(16-12)14(9)11/h1-6H,7-8H2,(H,17,20)(H,18,19). The molecule has 2 aromatic rings. The monoisotopic (exact) mass is 268 g/mol. The average molecular weight is 268 g/mol. The number of hydrogen-bond donors (Lipinski definition) is 2. The van der Waals surface area contributed by atoms with Gasteiger partial charge >= 0.3 is 5.97 Å². The van der Waals surface area contributed by atoms with Gasteiger partial charge in [0.25, 0.3) is 5.91 Å². The minimum absolute atomic E-state index is 0.113. The molecule has 1 amide bonds. The summed E-state index contributed by atoms with van der Waals surface area (Å²) in [4.78, 5) is 27.1. The molecule has 1 aliphatic heterocycles. The number of amides is 1. The van der Waals surface area contributed by atoms with E-state index in [1.54, 1.807) is 0 Å². The molecule has 0 radical (unpaired) electrons. The van der Waals surface area contributed by atoms with Crippen molar-refractivity contribution in [3.63, 3.8) is 0 Å². The fourth-order valence-corrected chi connectivity index (χ4v) is 2.30. The number of aliphatic carboxylic acids is 1. The van der Waals surface area contributed by atoms with Crippen LogP contribution in [0.1, 0.15) is 12.8 Å². The fraction of sp³-hybridized carbons (Fsp3) is 0.133. The molecule has 1 heterocycles. The van der Waals surface area contributed by atoms with Crippen LogP contribution in [0.5, 0.6) is 0 Å². The van der Waals surface area contributed by atoms with Crippen molar-refractivity contribution < 1.29 is 14.7 Å². The lowest BCUT2D eigenvalue weighted by Gasteiger charge is -2.06. The van der Waals surface area contributed by atoms with E-state index >= 15 is 0 Å². The number of nitrogens with zero attached hydrogens (tertiary/aromatic N) is 1. The Bertz CT molecular complexity index is 745. The maximum Gasteiger partial charge on any atom is 0.303 e. The van der Waals surface area contributed by atoms with Gasteiger partial charge in [-0.1, -0.05) is 24.3 Å². The number of carbonyl (C=O) groups is 2. The Morgan fingerprint density at radius 3 is 2.70 bits per heavy atom. The van der Waals surface area contributed by atoms with Gasteiger partial charge in [-0.25, -0.2) is 4.99 Å². The number of carboxylic acids is 1. The summed E-state index contributed by atoms with van der Waals surface area (Å²) in [6.45, 7) is 0. The molecule has 0 saturated heterocycles. The lowest BCUT2D eigenvalue weighted by Crippen LogP contribution is -2.22. The molecule has 0 aromatic heterocycles. The van der Waals surface area contributed by atoms with E-state index in [0.717, 1.165) is 10.8 Å². The predicted molar refractivity (Wildman–Crippen MR) is 76.5 cm³/mol. The quantitative estimate of drug-likeness (QED) is 0.898. The first-order valence-electron chi connectivity index (χ1n) is 6.27. The van der Waals surface area contributed by atoms with Crippen LogP contribution >= 0.6 is 0 Å². The van der Waals surface area contributed by atoms with Crippen molar-refractivity contribution in [2.24, 2.45) is 4.99 Å². The molecular weight excluding hydrogens is 256 g/mol. The number of hydrogen-bond acceptors (Lipinski definition) is 3. The molecule has 0 unspecified atom stereocenters. The van der Waals surface area contributed by atoms with E-state index in [1.807, 2.05) is 36.4 Å². The van der Waals surface area contributed by atoms with Crippen LogP contribution in [0.15, 0.2) is 41.4 Å². The summed E-state index contributed by atoms with van der Waals surface area (Å²) >= 11 is 0. The van der Waals surface area contributed by atoms with Crippen LogP contribution in [0.4, 0.5) is 11.4 Å². The van der Waals surface area contributed by atoms with Crippen LogP contribution in [-0.2, 0) is 9.59 Å². The first-order chi connectivity index (χ1) is 9.65. The highest BCUT2D eigenvalue weighted by Crippen LogP contribution is 2.34. The van der Waals surface area contributed by atoms with Gasteiger partial charge in [-0.15, -0.1) is 0 Å². The van der Waals surface area contributed by atoms with E-state index < -0.39 is 5.97 Å². The maximum absolute atomic E-state index is 12.1. The molecule has 1 aliphatic rings. The molecule has 5 nitrogen and oxygen atoms in total. The molecule has 2 N–H and O–H groups in total. The number of carbonyl (C=O) groups excluding carboxylic acids is 1. The van der Waals surface area contributed by atoms with E-state index in [2.05, 4.69) is 10.3 Å². The highest BCUT2D eigenvalue weighted by atomic mass is 16.4. The summed E-state index contributed by atoms with van der Waals surface area (Å²) < 4.78 is 0. The Balaban J connectivity index is 2.12. The van der Waals surface area contributed by atoms with E-state index in [-0.39, 0.29) is 24.5 Å². The molecule has 0 atom stereocenters. The summed E-state index contributed by atoms with van der Waals surface area (Å²) in [5.41, 5.74) is 1.64. The Morgan fingerprint density at radius 2 is 1.95 bits per heavy atom. The van der Waals surface area contributed by atoms with Gasteiger partial charge in [0.15, 0.2) is 0 Å². The van der Waals surface area contributed by atoms with Crippen molar-refractivity contribution in [3.05, 3.63) is 36.4 Å². The number of rotatable bonds is 3. The maximum atomic E-state index is 12.1. The van der Waals surface area contributed by atoms with Crippen LogP contribution in [0.3, 0.4) is 0 Å². The second-order valence-electron chi connectivity index (χ2n) is 4.59. The first kappa shape index (κ1) is 12.3. The highest BCUT2D eigenvalue weighted by molar-refractivity contribution is 6.45. The van der Waals surface area contributed by atoms with Crippen LogP contribution in [-0.4, -0.2) is 22.7 Å². The van der Waals surface area contributed by atoms with Gasteiger partial charge in [-0.2, -0.15) is 0 Å². The average Bonchev–Trinajstić information content (AvgIpc) is 2.56. The van der Waals surface area contributed by atoms with Gasteiger partial charge in [-0.05, 0) is 17.5 Å². The number of benzene rings is 2. The zero-order valence-electron chi connectivity index (χ0n) is 10.6. The largest absolute Gasteiger partial charge is 0.481 e. The van der Waals surface area contributed by atoms with Crippen LogP contribution < -0.4 is 5.32 Å². The Labute approximate surface area is 114 Å². The molecule has 5 heteroatoms. The normalized spacial score (nSPS) is 13.6. The lowest BCUT2D eigenvalue weighted by atomic mass is 10.1. The molecule has 3 rings (SSSR count). The SMILES string of the molecule is O=C(O)CCC1=Nc2cccc3cccc(c23)NC1=O. The van der Waals surface area contributed by atoms with Crippen molar-refractivity contribution >= 4 is 39.7 Å². The van der Waals surface area contributed by atoms with Gasteiger partial charge < -0.3 is 10.4 Å². The molecule has 0 saturated carbocycles. The zero-order chi connectivity index (χ0) is 14.1. The summed E-state index contributed by atoms with van der Waals surface area (Å²) in [6.07, 6.45) is 0.00409. The first-order valence-corrected chi connectivity index (χ1v) is 6.27. The zero-order valence-corrected chi connectivity index (χ0v) is 10.6. The molecule has 20 heavy (non-hydrogen) atoms. The number of aliphatic imine (C=N–C) groups is 1. The third-order valence-corrected chi connectivity index (χ3v) is 3.22. The van der Waals surface area contributed by atoms with Crippen LogP contribution in [0, 0.1) is 0 Å². The third kappa shape index (κ3) is 2.14. The summed E-state index contributed by atoms with van der Waals surface area (Å²) in [7, 11) is 0. The highest BCUT2D eigenvalue weighted by Gasteiger charge is 2.19. The van der Waals surface area contributed by atoms with E-state index in [0.29, 0.717) is 11.4 Å². The van der Waals surface area contributed by atoms with Crippen molar-refractivity contribution in [2.75, 3.05) is 5.32 Å². The minimum Gasteiger partial charge on any atom is -0.481 e. The summed E-state index contributed by atoms with van der Waals surface area (Å²) in [5.74, 6) is -1.28. The van der Waals surface area contributed by atoms with Gasteiger partial charge in [0.2, 0.25) is 0 Å². The van der Waals surface area contributed by atoms with E-state index in [4.69, 9.17) is 5.11 Å². The van der Waals surface area contributed by atoms with Gasteiger partial charge in [0.1, 0.15) is 5.71 Å². The topological polar surface area (TPSA) is 78.8 Å². The smallest absolute Gasteiger partial charge is 0.303 e. The molecule has 0 bridgehead atoms. The molecular formula is C15H12N2O3. The van der Waals surface area contributed by atoms with Crippen molar-refractivity contribution in [1.29, 1.82) is 0 Å². The Hall–Kier alpha value is -2.69. The molecule has 0 spiro atoms.